The summed E-state index contributed by atoms with van der Waals surface area (Å²) in [5, 5.41) is 0. The van der Waals surface area contributed by atoms with Gasteiger partial charge in [-0.3, -0.25) is 9.69 Å². The number of halogens is 3. The summed E-state index contributed by atoms with van der Waals surface area (Å²) in [7, 11) is 0. The minimum atomic E-state index is -4.14. The number of nitrogens with zero attached hydrogens (tertiary/aromatic N) is 2. The van der Waals surface area contributed by atoms with Crippen LogP contribution in [0, 0.1) is 5.92 Å². The fraction of sp³-hybridized carbons (Fsp3) is 0.923. The quantitative estimate of drug-likeness (QED) is 0.773. The van der Waals surface area contributed by atoms with Crippen LogP contribution in [0.5, 0.6) is 0 Å². The monoisotopic (exact) mass is 278 g/mol. The maximum Gasteiger partial charge on any atom is 0.401 e. The molecule has 19 heavy (non-hydrogen) atoms. The highest BCUT2D eigenvalue weighted by Gasteiger charge is 2.34. The van der Waals surface area contributed by atoms with Crippen LogP contribution in [0.15, 0.2) is 0 Å². The summed E-state index contributed by atoms with van der Waals surface area (Å²) in [6, 6.07) is 0. The smallest absolute Gasteiger partial charge is 0.340 e. The molecule has 0 aromatic rings. The van der Waals surface area contributed by atoms with E-state index in [4.69, 9.17) is 0 Å². The van der Waals surface area contributed by atoms with Gasteiger partial charge in [0.15, 0.2) is 0 Å². The molecule has 1 heterocycles. The third-order valence-corrected chi connectivity index (χ3v) is 4.04. The van der Waals surface area contributed by atoms with E-state index >= 15 is 0 Å². The van der Waals surface area contributed by atoms with Gasteiger partial charge in [-0.05, 0) is 12.8 Å². The Bertz CT molecular complexity index is 306. The highest BCUT2D eigenvalue weighted by molar-refractivity contribution is 5.79. The molecule has 0 aromatic carbocycles. The summed E-state index contributed by atoms with van der Waals surface area (Å²) in [6.07, 6.45) is 1.15. The minimum Gasteiger partial charge on any atom is -0.340 e. The van der Waals surface area contributed by atoms with Crippen molar-refractivity contribution in [1.82, 2.24) is 9.80 Å². The van der Waals surface area contributed by atoms with E-state index in [9.17, 15) is 18.0 Å². The van der Waals surface area contributed by atoms with Crippen LogP contribution < -0.4 is 0 Å². The van der Waals surface area contributed by atoms with Crippen LogP contribution in [0.4, 0.5) is 13.2 Å². The summed E-state index contributed by atoms with van der Waals surface area (Å²) in [5.74, 6) is 0.272. The fourth-order valence-corrected chi connectivity index (χ4v) is 2.99. The second kappa shape index (κ2) is 6.11. The number of hydrogen-bond donors (Lipinski definition) is 0. The lowest BCUT2D eigenvalue weighted by molar-refractivity contribution is -0.153. The standard InChI is InChI=1S/C13H21F3N2O/c14-13(15,16)10-17-6-8-18(9-7-17)12(19)11-4-2-1-3-5-11/h11H,1-10H2. The molecule has 0 radical (unpaired) electrons. The number of amides is 1. The van der Waals surface area contributed by atoms with E-state index in [1.807, 2.05) is 0 Å². The molecule has 2 fully saturated rings. The van der Waals surface area contributed by atoms with Gasteiger partial charge in [0.1, 0.15) is 0 Å². The molecule has 1 aliphatic carbocycles. The van der Waals surface area contributed by atoms with E-state index in [2.05, 4.69) is 0 Å². The second-order valence-electron chi connectivity index (χ2n) is 5.55. The Hall–Kier alpha value is -0.780. The Morgan fingerprint density at radius 1 is 1.00 bits per heavy atom. The van der Waals surface area contributed by atoms with E-state index in [0.717, 1.165) is 25.7 Å². The van der Waals surface area contributed by atoms with Gasteiger partial charge in [0, 0.05) is 32.1 Å². The Morgan fingerprint density at radius 3 is 2.11 bits per heavy atom. The lowest BCUT2D eigenvalue weighted by Gasteiger charge is -2.37. The van der Waals surface area contributed by atoms with E-state index in [0.29, 0.717) is 26.2 Å². The molecule has 1 amide bonds. The normalized spacial score (nSPS) is 23.6. The molecule has 0 atom stereocenters. The van der Waals surface area contributed by atoms with E-state index in [1.54, 1.807) is 4.90 Å². The molecule has 110 valence electrons. The summed E-state index contributed by atoms with van der Waals surface area (Å²) < 4.78 is 36.8. The number of alkyl halides is 3. The van der Waals surface area contributed by atoms with Crippen molar-refractivity contribution in [3.63, 3.8) is 0 Å². The lowest BCUT2D eigenvalue weighted by atomic mass is 9.88. The van der Waals surface area contributed by atoms with E-state index in [-0.39, 0.29) is 11.8 Å². The first kappa shape index (κ1) is 14.6. The van der Waals surface area contributed by atoms with Crippen molar-refractivity contribution in [3.8, 4) is 0 Å². The number of piperazine rings is 1. The first-order valence-corrected chi connectivity index (χ1v) is 7.03. The molecule has 1 saturated carbocycles. The topological polar surface area (TPSA) is 23.6 Å². The molecule has 0 bridgehead atoms. The van der Waals surface area contributed by atoms with Crippen molar-refractivity contribution in [2.75, 3.05) is 32.7 Å². The lowest BCUT2D eigenvalue weighted by Crippen LogP contribution is -2.52. The largest absolute Gasteiger partial charge is 0.401 e. The number of rotatable bonds is 2. The van der Waals surface area contributed by atoms with Gasteiger partial charge in [-0.25, -0.2) is 0 Å². The van der Waals surface area contributed by atoms with Crippen molar-refractivity contribution in [1.29, 1.82) is 0 Å². The van der Waals surface area contributed by atoms with E-state index < -0.39 is 12.7 Å². The fourth-order valence-electron chi connectivity index (χ4n) is 2.99. The van der Waals surface area contributed by atoms with Gasteiger partial charge >= 0.3 is 6.18 Å². The zero-order chi connectivity index (χ0) is 13.9. The molecule has 1 aliphatic heterocycles. The van der Waals surface area contributed by atoms with Gasteiger partial charge < -0.3 is 4.90 Å². The zero-order valence-corrected chi connectivity index (χ0v) is 11.1. The van der Waals surface area contributed by atoms with Crippen LogP contribution in [0.3, 0.4) is 0 Å². The average molecular weight is 278 g/mol. The summed E-state index contributed by atoms with van der Waals surface area (Å²) in [5.41, 5.74) is 0. The first-order valence-electron chi connectivity index (χ1n) is 7.03. The Labute approximate surface area is 111 Å². The molecule has 2 aliphatic rings. The molecule has 1 saturated heterocycles. The van der Waals surface area contributed by atoms with Crippen molar-refractivity contribution >= 4 is 5.91 Å². The van der Waals surface area contributed by atoms with Crippen LogP contribution in [0.1, 0.15) is 32.1 Å². The second-order valence-corrected chi connectivity index (χ2v) is 5.55. The predicted molar refractivity (Wildman–Crippen MR) is 65.7 cm³/mol. The van der Waals surface area contributed by atoms with Crippen molar-refractivity contribution in [3.05, 3.63) is 0 Å². The van der Waals surface area contributed by atoms with Crippen LogP contribution in [0.25, 0.3) is 0 Å². The average Bonchev–Trinajstić information content (AvgIpc) is 2.38. The van der Waals surface area contributed by atoms with Gasteiger partial charge in [-0.1, -0.05) is 19.3 Å². The van der Waals surface area contributed by atoms with Crippen molar-refractivity contribution in [2.24, 2.45) is 5.92 Å². The van der Waals surface area contributed by atoms with Gasteiger partial charge in [0.25, 0.3) is 0 Å². The molecule has 2 rings (SSSR count). The maximum atomic E-state index is 12.3. The summed E-state index contributed by atoms with van der Waals surface area (Å²) >= 11 is 0. The van der Waals surface area contributed by atoms with Gasteiger partial charge in [-0.15, -0.1) is 0 Å². The Kier molecular flexibility index (Phi) is 4.71. The molecule has 6 heteroatoms. The highest BCUT2D eigenvalue weighted by Crippen LogP contribution is 2.26. The number of carbonyl (C=O) groups is 1. The van der Waals surface area contributed by atoms with Crippen molar-refractivity contribution in [2.45, 2.75) is 38.3 Å². The summed E-state index contributed by atoms with van der Waals surface area (Å²) in [4.78, 5) is 15.4. The minimum absolute atomic E-state index is 0.114. The summed E-state index contributed by atoms with van der Waals surface area (Å²) in [6.45, 7) is 0.672. The van der Waals surface area contributed by atoms with Gasteiger partial charge in [-0.2, -0.15) is 13.2 Å². The van der Waals surface area contributed by atoms with Crippen LogP contribution in [0.2, 0.25) is 0 Å². The highest BCUT2D eigenvalue weighted by atomic mass is 19.4. The number of carbonyl (C=O) groups excluding carboxylic acids is 1. The maximum absolute atomic E-state index is 12.3. The molecular formula is C13H21F3N2O. The molecule has 0 spiro atoms. The van der Waals surface area contributed by atoms with Gasteiger partial charge in [0.2, 0.25) is 5.91 Å². The van der Waals surface area contributed by atoms with E-state index in [1.165, 1.54) is 11.3 Å². The number of hydrogen-bond acceptors (Lipinski definition) is 2. The molecule has 3 nitrogen and oxygen atoms in total. The zero-order valence-electron chi connectivity index (χ0n) is 11.1. The SMILES string of the molecule is O=C(C1CCCCC1)N1CCN(CC(F)(F)F)CC1. The first-order chi connectivity index (χ1) is 8.96. The molecule has 0 N–H and O–H groups in total. The molecular weight excluding hydrogens is 257 g/mol. The molecule has 0 unspecified atom stereocenters. The van der Waals surface area contributed by atoms with Crippen LogP contribution in [-0.2, 0) is 4.79 Å². The predicted octanol–water partition coefficient (Wildman–Crippen LogP) is 2.27. The van der Waals surface area contributed by atoms with Crippen LogP contribution >= 0.6 is 0 Å². The molecule has 0 aromatic heterocycles. The Balaban J connectivity index is 1.77. The van der Waals surface area contributed by atoms with Crippen molar-refractivity contribution < 1.29 is 18.0 Å². The third kappa shape index (κ3) is 4.37. The van der Waals surface area contributed by atoms with Crippen LogP contribution in [-0.4, -0.2) is 54.6 Å². The van der Waals surface area contributed by atoms with Gasteiger partial charge in [0.05, 0.1) is 6.54 Å². The third-order valence-electron chi connectivity index (χ3n) is 4.04. The Morgan fingerprint density at radius 2 is 1.58 bits per heavy atom.